The zero-order valence-corrected chi connectivity index (χ0v) is 13.8. The number of carbonyl (C=O) groups excluding carboxylic acids is 2. The Hall–Kier alpha value is -3.42. The molecule has 8 heteroatoms. The van der Waals surface area contributed by atoms with E-state index < -0.39 is 10.8 Å². The van der Waals surface area contributed by atoms with Gasteiger partial charge in [-0.05, 0) is 43.3 Å². The van der Waals surface area contributed by atoms with Gasteiger partial charge in [0.1, 0.15) is 5.69 Å². The summed E-state index contributed by atoms with van der Waals surface area (Å²) in [6.45, 7) is 2.36. The minimum Gasteiger partial charge on any atom is -0.380 e. The molecule has 2 aromatic rings. The molecule has 0 saturated heterocycles. The maximum atomic E-state index is 12.3. The molecule has 0 atom stereocenters. The van der Waals surface area contributed by atoms with Crippen LogP contribution in [0.3, 0.4) is 0 Å². The molecule has 0 aliphatic rings. The number of anilines is 2. The maximum absolute atomic E-state index is 12.3. The highest BCUT2D eigenvalue weighted by atomic mass is 16.6. The SMILES string of the molecule is CCNc1ccc(C(=O)Nc2ccc(C(=O)NC)cc2)cc1[N+](=O)[O-]. The summed E-state index contributed by atoms with van der Waals surface area (Å²) in [7, 11) is 1.53. The summed E-state index contributed by atoms with van der Waals surface area (Å²) in [4.78, 5) is 34.4. The van der Waals surface area contributed by atoms with E-state index >= 15 is 0 Å². The molecule has 130 valence electrons. The van der Waals surface area contributed by atoms with Crippen LogP contribution in [0, 0.1) is 10.1 Å². The third kappa shape index (κ3) is 4.31. The highest BCUT2D eigenvalue weighted by Gasteiger charge is 2.17. The topological polar surface area (TPSA) is 113 Å². The molecule has 2 rings (SSSR count). The van der Waals surface area contributed by atoms with Crippen molar-refractivity contribution < 1.29 is 14.5 Å². The fourth-order valence-electron chi connectivity index (χ4n) is 2.22. The average molecular weight is 342 g/mol. The summed E-state index contributed by atoms with van der Waals surface area (Å²) in [5.41, 5.74) is 1.31. The molecule has 3 N–H and O–H groups in total. The summed E-state index contributed by atoms with van der Waals surface area (Å²) < 4.78 is 0. The first-order chi connectivity index (χ1) is 12.0. The van der Waals surface area contributed by atoms with Crippen molar-refractivity contribution in [3.05, 3.63) is 63.7 Å². The van der Waals surface area contributed by atoms with Crippen LogP contribution in [0.25, 0.3) is 0 Å². The zero-order chi connectivity index (χ0) is 18.4. The third-order valence-electron chi connectivity index (χ3n) is 3.46. The van der Waals surface area contributed by atoms with E-state index in [0.717, 1.165) is 0 Å². The van der Waals surface area contributed by atoms with Crippen molar-refractivity contribution in [3.8, 4) is 0 Å². The van der Waals surface area contributed by atoms with Gasteiger partial charge in [0.05, 0.1) is 4.92 Å². The summed E-state index contributed by atoms with van der Waals surface area (Å²) in [6, 6.07) is 10.6. The number of nitro benzene ring substituents is 1. The molecule has 8 nitrogen and oxygen atoms in total. The Morgan fingerprint density at radius 1 is 1.04 bits per heavy atom. The van der Waals surface area contributed by atoms with Crippen LogP contribution in [0.4, 0.5) is 17.1 Å². The quantitative estimate of drug-likeness (QED) is 0.552. The van der Waals surface area contributed by atoms with Crippen molar-refractivity contribution in [1.29, 1.82) is 0 Å². The third-order valence-corrected chi connectivity index (χ3v) is 3.46. The number of nitrogens with zero attached hydrogens (tertiary/aromatic N) is 1. The number of nitrogens with one attached hydrogen (secondary N) is 3. The van der Waals surface area contributed by atoms with Gasteiger partial charge in [0.25, 0.3) is 17.5 Å². The molecule has 0 radical (unpaired) electrons. The van der Waals surface area contributed by atoms with Gasteiger partial charge in [-0.3, -0.25) is 19.7 Å². The molecule has 0 bridgehead atoms. The van der Waals surface area contributed by atoms with Crippen LogP contribution in [0.1, 0.15) is 27.6 Å². The smallest absolute Gasteiger partial charge is 0.293 e. The normalized spacial score (nSPS) is 10.0. The second kappa shape index (κ2) is 7.91. The second-order valence-electron chi connectivity index (χ2n) is 5.13. The summed E-state index contributed by atoms with van der Waals surface area (Å²) in [6.07, 6.45) is 0. The molecule has 0 aromatic heterocycles. The van der Waals surface area contributed by atoms with Crippen molar-refractivity contribution in [2.75, 3.05) is 24.2 Å². The van der Waals surface area contributed by atoms with E-state index in [4.69, 9.17) is 0 Å². The Morgan fingerprint density at radius 2 is 1.68 bits per heavy atom. The molecule has 0 aliphatic carbocycles. The maximum Gasteiger partial charge on any atom is 0.293 e. The Bertz CT molecular complexity index is 803. The fraction of sp³-hybridized carbons (Fsp3) is 0.176. The first-order valence-corrected chi connectivity index (χ1v) is 7.62. The summed E-state index contributed by atoms with van der Waals surface area (Å²) in [5.74, 6) is -0.702. The Kier molecular flexibility index (Phi) is 5.67. The van der Waals surface area contributed by atoms with Crippen molar-refractivity contribution in [1.82, 2.24) is 5.32 Å². The van der Waals surface area contributed by atoms with E-state index in [-0.39, 0.29) is 17.2 Å². The lowest BCUT2D eigenvalue weighted by atomic mass is 10.1. The first kappa shape index (κ1) is 17.9. The average Bonchev–Trinajstić information content (AvgIpc) is 2.62. The lowest BCUT2D eigenvalue weighted by Gasteiger charge is -2.08. The lowest BCUT2D eigenvalue weighted by molar-refractivity contribution is -0.384. The largest absolute Gasteiger partial charge is 0.380 e. The molecule has 0 saturated carbocycles. The number of nitro groups is 1. The number of rotatable bonds is 6. The van der Waals surface area contributed by atoms with Crippen molar-refractivity contribution in [2.24, 2.45) is 0 Å². The molecule has 0 unspecified atom stereocenters. The van der Waals surface area contributed by atoms with Gasteiger partial charge in [-0.1, -0.05) is 0 Å². The van der Waals surface area contributed by atoms with Crippen molar-refractivity contribution in [2.45, 2.75) is 6.92 Å². The van der Waals surface area contributed by atoms with Gasteiger partial charge >= 0.3 is 0 Å². The van der Waals surface area contributed by atoms with E-state index in [9.17, 15) is 19.7 Å². The second-order valence-corrected chi connectivity index (χ2v) is 5.13. The fourth-order valence-corrected chi connectivity index (χ4v) is 2.22. The Balaban J connectivity index is 2.19. The van der Waals surface area contributed by atoms with Crippen LogP contribution < -0.4 is 16.0 Å². The minimum atomic E-state index is -0.535. The van der Waals surface area contributed by atoms with Crippen LogP contribution in [0.2, 0.25) is 0 Å². The van der Waals surface area contributed by atoms with Crippen LogP contribution in [-0.4, -0.2) is 30.3 Å². The van der Waals surface area contributed by atoms with Gasteiger partial charge in [0.15, 0.2) is 0 Å². The molecule has 0 spiro atoms. The van der Waals surface area contributed by atoms with E-state index in [0.29, 0.717) is 23.5 Å². The van der Waals surface area contributed by atoms with Gasteiger partial charge < -0.3 is 16.0 Å². The van der Waals surface area contributed by atoms with Gasteiger partial charge in [0.2, 0.25) is 0 Å². The zero-order valence-electron chi connectivity index (χ0n) is 13.8. The van der Waals surface area contributed by atoms with E-state index in [1.165, 1.54) is 25.2 Å². The van der Waals surface area contributed by atoms with Gasteiger partial charge in [-0.2, -0.15) is 0 Å². The van der Waals surface area contributed by atoms with Crippen molar-refractivity contribution >= 4 is 28.9 Å². The highest BCUT2D eigenvalue weighted by Crippen LogP contribution is 2.26. The number of amides is 2. The standard InChI is InChI=1S/C17H18N4O4/c1-3-19-14-9-6-12(10-15(14)21(24)25)17(23)20-13-7-4-11(5-8-13)16(22)18-2/h4-10,19H,3H2,1-2H3,(H,18,22)(H,20,23). The molecule has 25 heavy (non-hydrogen) atoms. The molecular weight excluding hydrogens is 324 g/mol. The van der Waals surface area contributed by atoms with Gasteiger partial charge in [-0.15, -0.1) is 0 Å². The van der Waals surface area contributed by atoms with E-state index in [1.807, 2.05) is 6.92 Å². The number of carbonyl (C=O) groups is 2. The number of benzene rings is 2. The van der Waals surface area contributed by atoms with Crippen LogP contribution in [0.5, 0.6) is 0 Å². The monoisotopic (exact) mass is 342 g/mol. The lowest BCUT2D eigenvalue weighted by Crippen LogP contribution is -2.18. The van der Waals surface area contributed by atoms with E-state index in [1.54, 1.807) is 24.3 Å². The first-order valence-electron chi connectivity index (χ1n) is 7.62. The molecule has 2 amide bonds. The predicted octanol–water partition coefficient (Wildman–Crippen LogP) is 2.64. The van der Waals surface area contributed by atoms with Crippen LogP contribution >= 0.6 is 0 Å². The predicted molar refractivity (Wildman–Crippen MR) is 95.0 cm³/mol. The molecule has 0 fully saturated rings. The Labute approximate surface area is 144 Å². The van der Waals surface area contributed by atoms with Crippen LogP contribution in [-0.2, 0) is 0 Å². The molecular formula is C17H18N4O4. The van der Waals surface area contributed by atoms with Crippen LogP contribution in [0.15, 0.2) is 42.5 Å². The number of hydrogen-bond acceptors (Lipinski definition) is 5. The number of hydrogen-bond donors (Lipinski definition) is 3. The van der Waals surface area contributed by atoms with Gasteiger partial charge in [-0.25, -0.2) is 0 Å². The summed E-state index contributed by atoms with van der Waals surface area (Å²) >= 11 is 0. The van der Waals surface area contributed by atoms with E-state index in [2.05, 4.69) is 16.0 Å². The minimum absolute atomic E-state index is 0.163. The molecule has 0 heterocycles. The molecule has 0 aliphatic heterocycles. The Morgan fingerprint density at radius 3 is 2.24 bits per heavy atom. The summed E-state index contributed by atoms with van der Waals surface area (Å²) in [5, 5.41) is 19.2. The highest BCUT2D eigenvalue weighted by molar-refractivity contribution is 6.05. The van der Waals surface area contributed by atoms with Gasteiger partial charge in [0, 0.05) is 36.5 Å². The van der Waals surface area contributed by atoms with Crippen molar-refractivity contribution in [3.63, 3.8) is 0 Å². The molecule has 2 aromatic carbocycles.